The van der Waals surface area contributed by atoms with Crippen molar-refractivity contribution in [3.63, 3.8) is 0 Å². The van der Waals surface area contributed by atoms with Crippen molar-refractivity contribution in [3.05, 3.63) is 29.8 Å². The lowest BCUT2D eigenvalue weighted by molar-refractivity contribution is 0.0511. The van der Waals surface area contributed by atoms with Gasteiger partial charge >= 0.3 is 0 Å². The number of hydrogen-bond donors (Lipinski definition) is 0. The van der Waals surface area contributed by atoms with Crippen molar-refractivity contribution in [2.75, 3.05) is 13.9 Å². The number of hydrogen-bond acceptors (Lipinski definition) is 2. The first-order valence-corrected chi connectivity index (χ1v) is 8.76. The maximum Gasteiger partial charge on any atom is 0.188 e. The van der Waals surface area contributed by atoms with Gasteiger partial charge in [-0.3, -0.25) is 0 Å². The van der Waals surface area contributed by atoms with E-state index in [1.165, 1.54) is 5.56 Å². The molecule has 1 rings (SSSR count). The van der Waals surface area contributed by atoms with Gasteiger partial charge in [-0.15, -0.1) is 0 Å². The molecule has 0 saturated carbocycles. The molecule has 0 bridgehead atoms. The highest BCUT2D eigenvalue weighted by molar-refractivity contribution is 5.30. The van der Waals surface area contributed by atoms with Crippen LogP contribution in [0.2, 0.25) is 0 Å². The van der Waals surface area contributed by atoms with Gasteiger partial charge in [0.05, 0.1) is 0 Å². The molecule has 0 aliphatic carbocycles. The summed E-state index contributed by atoms with van der Waals surface area (Å²) in [6.45, 7) is 24.4. The molecule has 1 aromatic carbocycles. The monoisotopic (exact) mass is 338 g/mol. The average Bonchev–Trinajstić information content (AvgIpc) is 2.31. The van der Waals surface area contributed by atoms with Crippen molar-refractivity contribution in [1.82, 2.24) is 0 Å². The summed E-state index contributed by atoms with van der Waals surface area (Å²) in [5.41, 5.74) is 2.50. The van der Waals surface area contributed by atoms with E-state index in [2.05, 4.69) is 88.3 Å². The van der Waals surface area contributed by atoms with Crippen molar-refractivity contribution in [2.24, 2.45) is 10.8 Å². The van der Waals surface area contributed by atoms with E-state index < -0.39 is 0 Å². The Balaban J connectivity index is 0. The molecule has 0 radical (unpaired) electrons. The van der Waals surface area contributed by atoms with Crippen LogP contribution in [0.25, 0.3) is 0 Å². The molecule has 0 aliphatic rings. The smallest absolute Gasteiger partial charge is 0.188 e. The Bertz CT molecular complexity index is 387. The van der Waals surface area contributed by atoms with Crippen molar-refractivity contribution < 1.29 is 9.47 Å². The summed E-state index contributed by atoms with van der Waals surface area (Å²) in [5, 5.41) is 0. The molecule has 24 heavy (non-hydrogen) atoms. The van der Waals surface area contributed by atoms with E-state index in [0.717, 1.165) is 5.75 Å². The molecule has 0 fully saturated rings. The molecule has 1 aromatic rings. The first-order chi connectivity index (χ1) is 10.5. The molecule has 0 spiro atoms. The standard InChI is InChI=1S/C12H18O2.2C5H12/c1-12(2,3)10-5-7-11(8-6-10)14-9-13-4;2*1-5(2,3)4/h5-8H,9H2,1-4H3;2*1-4H3. The van der Waals surface area contributed by atoms with Crippen LogP contribution in [0.1, 0.15) is 81.7 Å². The minimum atomic E-state index is 0.194. The molecule has 0 N–H and O–H groups in total. The molecule has 0 aliphatic heterocycles. The van der Waals surface area contributed by atoms with E-state index in [0.29, 0.717) is 17.6 Å². The second-order valence-corrected chi connectivity index (χ2v) is 10.3. The third-order valence-corrected chi connectivity index (χ3v) is 2.06. The maximum absolute atomic E-state index is 5.30. The summed E-state index contributed by atoms with van der Waals surface area (Å²) in [6, 6.07) is 8.12. The van der Waals surface area contributed by atoms with Crippen molar-refractivity contribution >= 4 is 0 Å². The minimum Gasteiger partial charge on any atom is -0.468 e. The van der Waals surface area contributed by atoms with Gasteiger partial charge in [0.15, 0.2) is 6.79 Å². The summed E-state index contributed by atoms with van der Waals surface area (Å²) in [4.78, 5) is 0. The summed E-state index contributed by atoms with van der Waals surface area (Å²) in [5.74, 6) is 0.847. The van der Waals surface area contributed by atoms with Crippen LogP contribution in [0, 0.1) is 10.8 Å². The van der Waals surface area contributed by atoms with Crippen LogP contribution in [0.4, 0.5) is 0 Å². The van der Waals surface area contributed by atoms with E-state index in [1.807, 2.05) is 12.1 Å². The lowest BCUT2D eigenvalue weighted by Crippen LogP contribution is -2.10. The predicted octanol–water partition coefficient (Wildman–Crippen LogP) is 7.07. The number of benzene rings is 1. The van der Waals surface area contributed by atoms with E-state index in [4.69, 9.17) is 9.47 Å². The van der Waals surface area contributed by atoms with Crippen LogP contribution < -0.4 is 4.74 Å². The van der Waals surface area contributed by atoms with E-state index in [1.54, 1.807) is 7.11 Å². The number of rotatable bonds is 3. The molecule has 0 amide bonds. The summed E-state index contributed by atoms with van der Waals surface area (Å²) in [6.07, 6.45) is 0. The summed E-state index contributed by atoms with van der Waals surface area (Å²) < 4.78 is 10.1. The Morgan fingerprint density at radius 1 is 0.667 bits per heavy atom. The zero-order chi connectivity index (χ0) is 19.6. The second-order valence-electron chi connectivity index (χ2n) is 10.3. The fourth-order valence-electron chi connectivity index (χ4n) is 1.18. The quantitative estimate of drug-likeness (QED) is 0.549. The Kier molecular flexibility index (Phi) is 11.3. The maximum atomic E-state index is 5.30. The van der Waals surface area contributed by atoms with Crippen LogP contribution in [-0.2, 0) is 10.2 Å². The highest BCUT2D eigenvalue weighted by atomic mass is 16.7. The molecular weight excluding hydrogens is 296 g/mol. The first-order valence-electron chi connectivity index (χ1n) is 8.76. The zero-order valence-electron chi connectivity index (χ0n) is 18.3. The van der Waals surface area contributed by atoms with Crippen molar-refractivity contribution in [1.29, 1.82) is 0 Å². The van der Waals surface area contributed by atoms with Gasteiger partial charge in [0.2, 0.25) is 0 Å². The lowest BCUT2D eigenvalue weighted by atomic mass is 9.87. The lowest BCUT2D eigenvalue weighted by Gasteiger charge is -2.19. The van der Waals surface area contributed by atoms with Gasteiger partial charge in [-0.2, -0.15) is 0 Å². The molecular formula is C22H42O2. The first kappa shape index (κ1) is 25.2. The number of ether oxygens (including phenoxy) is 2. The Labute approximate surface area is 152 Å². The fourth-order valence-corrected chi connectivity index (χ4v) is 1.18. The van der Waals surface area contributed by atoms with Crippen LogP contribution in [0.5, 0.6) is 5.75 Å². The van der Waals surface area contributed by atoms with Gasteiger partial charge < -0.3 is 9.47 Å². The average molecular weight is 339 g/mol. The van der Waals surface area contributed by atoms with E-state index in [9.17, 15) is 0 Å². The highest BCUT2D eigenvalue weighted by Gasteiger charge is 2.12. The van der Waals surface area contributed by atoms with Gasteiger partial charge in [0.25, 0.3) is 0 Å². The summed E-state index contributed by atoms with van der Waals surface area (Å²) >= 11 is 0. The van der Waals surface area contributed by atoms with Gasteiger partial charge in [0, 0.05) is 7.11 Å². The van der Waals surface area contributed by atoms with Gasteiger partial charge in [-0.1, -0.05) is 88.3 Å². The van der Waals surface area contributed by atoms with Crippen molar-refractivity contribution in [2.45, 2.75) is 81.6 Å². The molecule has 0 saturated heterocycles. The second kappa shape index (κ2) is 10.8. The van der Waals surface area contributed by atoms with Crippen LogP contribution in [0.15, 0.2) is 24.3 Å². The largest absolute Gasteiger partial charge is 0.468 e. The Hall–Kier alpha value is -1.02. The van der Waals surface area contributed by atoms with Gasteiger partial charge in [0.1, 0.15) is 5.75 Å². The normalized spacial score (nSPS) is 11.7. The third-order valence-electron chi connectivity index (χ3n) is 2.06. The van der Waals surface area contributed by atoms with E-state index in [-0.39, 0.29) is 5.41 Å². The molecule has 0 heterocycles. The Morgan fingerprint density at radius 3 is 1.25 bits per heavy atom. The molecule has 142 valence electrons. The number of methoxy groups -OCH3 is 1. The molecule has 0 atom stereocenters. The van der Waals surface area contributed by atoms with Crippen LogP contribution in [-0.4, -0.2) is 13.9 Å². The molecule has 0 aromatic heterocycles. The van der Waals surface area contributed by atoms with Crippen LogP contribution in [0.3, 0.4) is 0 Å². The molecule has 0 unspecified atom stereocenters. The van der Waals surface area contributed by atoms with Gasteiger partial charge in [-0.05, 0) is 33.9 Å². The van der Waals surface area contributed by atoms with Crippen molar-refractivity contribution in [3.8, 4) is 5.75 Å². The van der Waals surface area contributed by atoms with Crippen LogP contribution >= 0.6 is 0 Å². The predicted molar refractivity (Wildman–Crippen MR) is 108 cm³/mol. The Morgan fingerprint density at radius 2 is 1.00 bits per heavy atom. The highest BCUT2D eigenvalue weighted by Crippen LogP contribution is 2.24. The molecule has 2 nitrogen and oxygen atoms in total. The molecule has 2 heteroatoms. The topological polar surface area (TPSA) is 18.5 Å². The van der Waals surface area contributed by atoms with E-state index >= 15 is 0 Å². The summed E-state index contributed by atoms with van der Waals surface area (Å²) in [7, 11) is 1.61. The SMILES string of the molecule is CC(C)(C)C.CC(C)(C)C.COCOc1ccc(C(C)(C)C)cc1. The van der Waals surface area contributed by atoms with Gasteiger partial charge in [-0.25, -0.2) is 0 Å². The zero-order valence-corrected chi connectivity index (χ0v) is 18.3. The fraction of sp³-hybridized carbons (Fsp3) is 0.727. The third kappa shape index (κ3) is 23.2. The minimum absolute atomic E-state index is 0.194.